The molecular weight excluding hydrogens is 374 g/mol. The Morgan fingerprint density at radius 2 is 1.86 bits per heavy atom. The summed E-state index contributed by atoms with van der Waals surface area (Å²) in [7, 11) is -3.52. The second-order valence-electron chi connectivity index (χ2n) is 8.94. The van der Waals surface area contributed by atoms with Crippen LogP contribution in [0, 0.1) is 28.1 Å². The van der Waals surface area contributed by atoms with Crippen molar-refractivity contribution < 1.29 is 13.2 Å². The molecule has 0 spiro atoms. The maximum absolute atomic E-state index is 13.2. The minimum atomic E-state index is -3.52. The van der Waals surface area contributed by atoms with Gasteiger partial charge in [-0.1, -0.05) is 26.0 Å². The van der Waals surface area contributed by atoms with Crippen molar-refractivity contribution in [3.05, 3.63) is 29.8 Å². The number of nitrogens with zero attached hydrogens (tertiary/aromatic N) is 3. The number of ketones is 1. The molecule has 2 bridgehead atoms. The summed E-state index contributed by atoms with van der Waals surface area (Å²) >= 11 is 0. The molecule has 4 rings (SSSR count). The number of benzene rings is 1. The Bertz CT molecular complexity index is 942. The van der Waals surface area contributed by atoms with Gasteiger partial charge in [0.15, 0.2) is 0 Å². The maximum atomic E-state index is 13.2. The first-order chi connectivity index (χ1) is 13.2. The van der Waals surface area contributed by atoms with E-state index in [1.54, 1.807) is 10.4 Å². The molecule has 3 fully saturated rings. The number of nitriles is 1. The van der Waals surface area contributed by atoms with E-state index in [1.165, 1.54) is 0 Å². The lowest BCUT2D eigenvalue weighted by molar-refractivity contribution is -0.128. The first-order valence-electron chi connectivity index (χ1n) is 9.96. The highest BCUT2D eigenvalue weighted by Gasteiger charge is 2.65. The Hall–Kier alpha value is -1.91. The van der Waals surface area contributed by atoms with Crippen LogP contribution in [0.3, 0.4) is 0 Å². The lowest BCUT2D eigenvalue weighted by atomic mass is 9.70. The highest BCUT2D eigenvalue weighted by molar-refractivity contribution is 7.89. The third-order valence-corrected chi connectivity index (χ3v) is 9.57. The van der Waals surface area contributed by atoms with Crippen molar-refractivity contribution in [2.75, 3.05) is 36.8 Å². The molecule has 1 unspecified atom stereocenters. The summed E-state index contributed by atoms with van der Waals surface area (Å²) in [6.07, 6.45) is 2.17. The van der Waals surface area contributed by atoms with E-state index in [2.05, 4.69) is 24.8 Å². The zero-order valence-electron chi connectivity index (χ0n) is 16.5. The second-order valence-corrected chi connectivity index (χ2v) is 10.9. The predicted molar refractivity (Wildman–Crippen MR) is 107 cm³/mol. The van der Waals surface area contributed by atoms with Crippen LogP contribution in [0.2, 0.25) is 0 Å². The largest absolute Gasteiger partial charge is 0.368 e. The topological polar surface area (TPSA) is 81.5 Å². The van der Waals surface area contributed by atoms with Crippen LogP contribution in [0.5, 0.6) is 0 Å². The fourth-order valence-electron chi connectivity index (χ4n) is 5.56. The Morgan fingerprint density at radius 1 is 1.18 bits per heavy atom. The average molecular weight is 402 g/mol. The van der Waals surface area contributed by atoms with E-state index < -0.39 is 15.4 Å². The van der Waals surface area contributed by atoms with E-state index in [0.29, 0.717) is 50.5 Å². The van der Waals surface area contributed by atoms with Crippen LogP contribution in [0.4, 0.5) is 5.69 Å². The number of Topliss-reactive ketones (excluding diaryl/α,β-unsaturated/α-hetero) is 1. The number of carbonyl (C=O) groups is 1. The van der Waals surface area contributed by atoms with Gasteiger partial charge in [-0.2, -0.15) is 9.57 Å². The number of sulfonamides is 1. The Balaban J connectivity index is 1.49. The van der Waals surface area contributed by atoms with Crippen molar-refractivity contribution in [2.24, 2.45) is 16.7 Å². The third kappa shape index (κ3) is 2.77. The third-order valence-electron chi connectivity index (χ3n) is 7.57. The lowest BCUT2D eigenvalue weighted by Crippen LogP contribution is -2.52. The van der Waals surface area contributed by atoms with Gasteiger partial charge in [0.05, 0.1) is 17.0 Å². The van der Waals surface area contributed by atoms with Gasteiger partial charge in [-0.25, -0.2) is 8.42 Å². The normalized spacial score (nSPS) is 29.8. The predicted octanol–water partition coefficient (Wildman–Crippen LogP) is 2.41. The molecular formula is C21H27N3O3S. The van der Waals surface area contributed by atoms with Gasteiger partial charge in [-0.05, 0) is 36.3 Å². The highest BCUT2D eigenvalue weighted by Crippen LogP contribution is 2.64. The van der Waals surface area contributed by atoms with E-state index in [1.807, 2.05) is 18.2 Å². The zero-order chi connectivity index (χ0) is 20.2. The van der Waals surface area contributed by atoms with Crippen molar-refractivity contribution in [3.8, 4) is 6.07 Å². The Labute approximate surface area is 167 Å². The van der Waals surface area contributed by atoms with Crippen LogP contribution in [0.15, 0.2) is 24.3 Å². The smallest absolute Gasteiger partial charge is 0.215 e. The van der Waals surface area contributed by atoms with Crippen LogP contribution in [-0.2, 0) is 14.8 Å². The summed E-state index contributed by atoms with van der Waals surface area (Å²) in [5.41, 5.74) is 0.491. The quantitative estimate of drug-likeness (QED) is 0.774. The molecule has 1 saturated heterocycles. The summed E-state index contributed by atoms with van der Waals surface area (Å²) in [6.45, 7) is 6.01. The fourth-order valence-corrected chi connectivity index (χ4v) is 7.76. The molecule has 0 N–H and O–H groups in total. The molecule has 1 aromatic carbocycles. The SMILES string of the molecule is CC1(C)[C@H]2CCC1(CS(=O)(=O)N1CCN(c3ccccc3C#N)CC1)C(=O)C2. The van der Waals surface area contributed by atoms with Crippen LogP contribution in [0.1, 0.15) is 38.7 Å². The van der Waals surface area contributed by atoms with Gasteiger partial charge in [0.25, 0.3) is 0 Å². The molecule has 2 atom stereocenters. The molecule has 3 aliphatic rings. The van der Waals surface area contributed by atoms with E-state index >= 15 is 0 Å². The number of para-hydroxylation sites is 1. The molecule has 0 radical (unpaired) electrons. The summed E-state index contributed by atoms with van der Waals surface area (Å²) in [4.78, 5) is 14.8. The Morgan fingerprint density at radius 3 is 2.43 bits per heavy atom. The van der Waals surface area contributed by atoms with Gasteiger partial charge in [0, 0.05) is 38.0 Å². The lowest BCUT2D eigenvalue weighted by Gasteiger charge is -2.40. The number of piperazine rings is 1. The van der Waals surface area contributed by atoms with Gasteiger partial charge in [0.1, 0.15) is 11.9 Å². The van der Waals surface area contributed by atoms with Crippen LogP contribution < -0.4 is 4.90 Å². The van der Waals surface area contributed by atoms with E-state index in [4.69, 9.17) is 0 Å². The Kier molecular flexibility index (Phi) is 4.55. The summed E-state index contributed by atoms with van der Waals surface area (Å²) in [5.74, 6) is 0.394. The van der Waals surface area contributed by atoms with Crippen LogP contribution >= 0.6 is 0 Å². The van der Waals surface area contributed by atoms with Gasteiger partial charge in [0.2, 0.25) is 10.0 Å². The van der Waals surface area contributed by atoms with E-state index in [0.717, 1.165) is 12.1 Å². The first kappa shape index (κ1) is 19.4. The molecule has 7 heteroatoms. The molecule has 1 heterocycles. The van der Waals surface area contributed by atoms with Crippen molar-refractivity contribution in [3.63, 3.8) is 0 Å². The molecule has 2 saturated carbocycles. The van der Waals surface area contributed by atoms with E-state index in [-0.39, 0.29) is 17.0 Å². The van der Waals surface area contributed by atoms with Crippen molar-refractivity contribution in [2.45, 2.75) is 33.1 Å². The molecule has 2 aliphatic carbocycles. The maximum Gasteiger partial charge on any atom is 0.215 e. The van der Waals surface area contributed by atoms with Crippen molar-refractivity contribution in [1.29, 1.82) is 5.26 Å². The number of anilines is 1. The summed E-state index contributed by atoms with van der Waals surface area (Å²) < 4.78 is 28.0. The highest BCUT2D eigenvalue weighted by atomic mass is 32.2. The number of carbonyl (C=O) groups excluding carboxylic acids is 1. The molecule has 28 heavy (non-hydrogen) atoms. The molecule has 0 amide bonds. The van der Waals surface area contributed by atoms with Gasteiger partial charge < -0.3 is 4.90 Å². The molecule has 1 aromatic rings. The fraction of sp³-hybridized carbons (Fsp3) is 0.619. The summed E-state index contributed by atoms with van der Waals surface area (Å²) in [6, 6.07) is 9.61. The van der Waals surface area contributed by atoms with Crippen LogP contribution in [-0.4, -0.2) is 50.4 Å². The molecule has 1 aliphatic heterocycles. The number of hydrogen-bond acceptors (Lipinski definition) is 5. The monoisotopic (exact) mass is 401 g/mol. The number of rotatable bonds is 4. The van der Waals surface area contributed by atoms with Gasteiger partial charge in [-0.3, -0.25) is 4.79 Å². The summed E-state index contributed by atoms with van der Waals surface area (Å²) in [5, 5.41) is 9.31. The molecule has 150 valence electrons. The minimum Gasteiger partial charge on any atom is -0.368 e. The first-order valence-corrected chi connectivity index (χ1v) is 11.6. The van der Waals surface area contributed by atoms with Crippen molar-refractivity contribution >= 4 is 21.5 Å². The minimum absolute atomic E-state index is 0.0584. The number of hydrogen-bond donors (Lipinski definition) is 0. The van der Waals surface area contributed by atoms with Crippen molar-refractivity contribution in [1.82, 2.24) is 4.31 Å². The molecule has 0 aromatic heterocycles. The second kappa shape index (κ2) is 6.57. The molecule has 6 nitrogen and oxygen atoms in total. The van der Waals surface area contributed by atoms with E-state index in [9.17, 15) is 18.5 Å². The zero-order valence-corrected chi connectivity index (χ0v) is 17.3. The number of fused-ring (bicyclic) bond motifs is 2. The van der Waals surface area contributed by atoms with Crippen LogP contribution in [0.25, 0.3) is 0 Å². The van der Waals surface area contributed by atoms with Gasteiger partial charge >= 0.3 is 0 Å². The standard InChI is InChI=1S/C21H27N3O3S/c1-20(2)17-7-8-21(20,19(25)13-17)15-28(26,27)24-11-9-23(10-12-24)18-6-4-3-5-16(18)14-22/h3-6,17H,7-13,15H2,1-2H3/t17-,21?/m0/s1. The van der Waals surface area contributed by atoms with Gasteiger partial charge in [-0.15, -0.1) is 0 Å². The average Bonchev–Trinajstić information content (AvgIpc) is 3.02.